The van der Waals surface area contributed by atoms with Gasteiger partial charge in [-0.1, -0.05) is 42.5 Å². The minimum absolute atomic E-state index is 0.0981. The molecule has 2 aliphatic heterocycles. The van der Waals surface area contributed by atoms with E-state index >= 15 is 0 Å². The van der Waals surface area contributed by atoms with Gasteiger partial charge in [0.05, 0.1) is 11.6 Å². The normalized spacial score (nSPS) is 26.0. The first-order valence-electron chi connectivity index (χ1n) is 9.87. The van der Waals surface area contributed by atoms with Gasteiger partial charge in [0.15, 0.2) is 0 Å². The van der Waals surface area contributed by atoms with Crippen LogP contribution in [0.3, 0.4) is 0 Å². The van der Waals surface area contributed by atoms with Gasteiger partial charge in [-0.15, -0.1) is 0 Å². The monoisotopic (exact) mass is 366 g/mol. The number of fused-ring (bicyclic) bond motifs is 2. The van der Waals surface area contributed by atoms with Crippen LogP contribution in [0.5, 0.6) is 0 Å². The molecule has 1 amide bonds. The fourth-order valence-electron chi connectivity index (χ4n) is 5.22. The van der Waals surface area contributed by atoms with Crippen molar-refractivity contribution < 1.29 is 9.18 Å². The third-order valence-corrected chi connectivity index (χ3v) is 6.70. The summed E-state index contributed by atoms with van der Waals surface area (Å²) in [6, 6.07) is 15.4. The third-order valence-electron chi connectivity index (χ3n) is 6.70. The van der Waals surface area contributed by atoms with Gasteiger partial charge in [0, 0.05) is 11.6 Å². The average molecular weight is 366 g/mol. The average Bonchev–Trinajstić information content (AvgIpc) is 2.84. The van der Waals surface area contributed by atoms with Gasteiger partial charge in [-0.05, 0) is 63.3 Å². The van der Waals surface area contributed by atoms with Gasteiger partial charge in [-0.2, -0.15) is 0 Å². The molecule has 0 radical (unpaired) electrons. The van der Waals surface area contributed by atoms with Gasteiger partial charge < -0.3 is 5.32 Å². The highest BCUT2D eigenvalue weighted by Gasteiger charge is 2.52. The van der Waals surface area contributed by atoms with E-state index in [1.807, 2.05) is 18.2 Å². The van der Waals surface area contributed by atoms with Crippen LogP contribution in [0, 0.1) is 12.7 Å². The molecule has 3 nitrogen and oxygen atoms in total. The number of carbonyl (C=O) groups excluding carboxylic acids is 1. The lowest BCUT2D eigenvalue weighted by Crippen LogP contribution is -2.56. The van der Waals surface area contributed by atoms with Crippen LogP contribution in [0.2, 0.25) is 0 Å². The second-order valence-corrected chi connectivity index (χ2v) is 8.05. The summed E-state index contributed by atoms with van der Waals surface area (Å²) in [6.45, 7) is 1.78. The van der Waals surface area contributed by atoms with Crippen molar-refractivity contribution in [1.82, 2.24) is 10.2 Å². The summed E-state index contributed by atoms with van der Waals surface area (Å²) in [7, 11) is 2.19. The molecule has 2 heterocycles. The number of benzene rings is 2. The summed E-state index contributed by atoms with van der Waals surface area (Å²) >= 11 is 0. The molecule has 3 unspecified atom stereocenters. The molecule has 2 fully saturated rings. The highest BCUT2D eigenvalue weighted by molar-refractivity contribution is 5.96. The van der Waals surface area contributed by atoms with Gasteiger partial charge in [0.2, 0.25) is 0 Å². The standard InChI is InChI=1S/C23H27FN2O/c1-16-8-6-12-19(24)20(16)22(27)25-21(17-9-4-3-5-10-17)23-14-7-11-18(13-15-23)26(23)2/h3-6,8-10,12,18,21H,7,11,13-15H2,1-2H3,(H,25,27). The molecular weight excluding hydrogens is 339 g/mol. The van der Waals surface area contributed by atoms with Crippen molar-refractivity contribution >= 4 is 5.91 Å². The molecule has 0 aliphatic carbocycles. The van der Waals surface area contributed by atoms with E-state index in [1.165, 1.54) is 18.9 Å². The lowest BCUT2D eigenvalue weighted by Gasteiger charge is -2.48. The Balaban J connectivity index is 1.73. The van der Waals surface area contributed by atoms with Gasteiger partial charge in [-0.3, -0.25) is 9.69 Å². The van der Waals surface area contributed by atoms with Gasteiger partial charge in [0.1, 0.15) is 5.82 Å². The molecule has 3 atom stereocenters. The number of hydrogen-bond acceptors (Lipinski definition) is 2. The largest absolute Gasteiger partial charge is 0.343 e. The molecule has 142 valence electrons. The first-order chi connectivity index (χ1) is 13.0. The van der Waals surface area contributed by atoms with Crippen LogP contribution < -0.4 is 5.32 Å². The Labute approximate surface area is 160 Å². The van der Waals surface area contributed by atoms with Crippen molar-refractivity contribution in [3.05, 3.63) is 71.0 Å². The summed E-state index contributed by atoms with van der Waals surface area (Å²) in [5.74, 6) is -0.783. The number of likely N-dealkylation sites (N-methyl/N-ethyl adjacent to an activating group) is 1. The zero-order valence-electron chi connectivity index (χ0n) is 16.0. The molecule has 0 aromatic heterocycles. The van der Waals surface area contributed by atoms with E-state index in [0.717, 1.165) is 24.8 Å². The maximum atomic E-state index is 14.4. The Morgan fingerprint density at radius 2 is 1.93 bits per heavy atom. The number of amides is 1. The zero-order chi connectivity index (χ0) is 19.0. The fraction of sp³-hybridized carbons (Fsp3) is 0.435. The van der Waals surface area contributed by atoms with E-state index in [1.54, 1.807) is 19.1 Å². The summed E-state index contributed by atoms with van der Waals surface area (Å²) < 4.78 is 14.4. The third kappa shape index (κ3) is 3.06. The molecule has 2 saturated heterocycles. The minimum atomic E-state index is -0.460. The van der Waals surface area contributed by atoms with Gasteiger partial charge >= 0.3 is 0 Å². The summed E-state index contributed by atoms with van der Waals surface area (Å²) in [4.78, 5) is 15.6. The maximum absolute atomic E-state index is 14.4. The Morgan fingerprint density at radius 3 is 2.67 bits per heavy atom. The van der Waals surface area contributed by atoms with Crippen LogP contribution in [0.1, 0.15) is 59.6 Å². The molecule has 1 N–H and O–H groups in total. The lowest BCUT2D eigenvalue weighted by molar-refractivity contribution is 0.0427. The van der Waals surface area contributed by atoms with Crippen LogP contribution in [0.25, 0.3) is 0 Å². The minimum Gasteiger partial charge on any atom is -0.343 e. The molecule has 0 spiro atoms. The van der Waals surface area contributed by atoms with Crippen molar-refractivity contribution in [3.63, 3.8) is 0 Å². The quantitative estimate of drug-likeness (QED) is 0.856. The molecule has 4 rings (SSSR count). The predicted molar refractivity (Wildman–Crippen MR) is 105 cm³/mol. The molecule has 27 heavy (non-hydrogen) atoms. The van der Waals surface area contributed by atoms with E-state index in [0.29, 0.717) is 11.6 Å². The van der Waals surface area contributed by atoms with E-state index in [4.69, 9.17) is 0 Å². The van der Waals surface area contributed by atoms with E-state index in [2.05, 4.69) is 29.4 Å². The second-order valence-electron chi connectivity index (χ2n) is 8.05. The Hall–Kier alpha value is -2.20. The summed E-state index contributed by atoms with van der Waals surface area (Å²) in [5.41, 5.74) is 1.81. The number of piperidine rings is 1. The molecule has 2 aromatic rings. The first kappa shape index (κ1) is 18.2. The lowest BCUT2D eigenvalue weighted by atomic mass is 9.78. The molecule has 2 aromatic carbocycles. The van der Waals surface area contributed by atoms with Crippen molar-refractivity contribution in [3.8, 4) is 0 Å². The Kier molecular flexibility index (Phi) is 4.77. The highest BCUT2D eigenvalue weighted by Crippen LogP contribution is 2.49. The number of carbonyl (C=O) groups is 1. The van der Waals surface area contributed by atoms with Crippen LogP contribution >= 0.6 is 0 Å². The number of rotatable bonds is 4. The molecule has 2 aliphatic rings. The van der Waals surface area contributed by atoms with Gasteiger partial charge in [0.25, 0.3) is 5.91 Å². The van der Waals surface area contributed by atoms with Crippen molar-refractivity contribution in [2.45, 2.75) is 56.7 Å². The fourth-order valence-corrected chi connectivity index (χ4v) is 5.22. The Bertz CT molecular complexity index is 813. The predicted octanol–water partition coefficient (Wildman–Crippen LogP) is 4.62. The first-order valence-corrected chi connectivity index (χ1v) is 9.87. The van der Waals surface area contributed by atoms with Crippen LogP contribution in [0.15, 0.2) is 48.5 Å². The smallest absolute Gasteiger partial charge is 0.255 e. The number of halogens is 1. The number of nitrogens with zero attached hydrogens (tertiary/aromatic N) is 1. The van der Waals surface area contributed by atoms with E-state index in [-0.39, 0.29) is 23.1 Å². The van der Waals surface area contributed by atoms with Crippen molar-refractivity contribution in [1.29, 1.82) is 0 Å². The van der Waals surface area contributed by atoms with Crippen LogP contribution in [0.4, 0.5) is 4.39 Å². The second kappa shape index (κ2) is 7.08. The number of hydrogen-bond donors (Lipinski definition) is 1. The topological polar surface area (TPSA) is 32.3 Å². The highest BCUT2D eigenvalue weighted by atomic mass is 19.1. The van der Waals surface area contributed by atoms with Crippen molar-refractivity contribution in [2.24, 2.45) is 0 Å². The van der Waals surface area contributed by atoms with E-state index in [9.17, 15) is 9.18 Å². The number of nitrogens with one attached hydrogen (secondary N) is 1. The zero-order valence-corrected chi connectivity index (χ0v) is 16.0. The molecule has 4 heteroatoms. The Morgan fingerprint density at radius 1 is 1.15 bits per heavy atom. The van der Waals surface area contributed by atoms with Gasteiger partial charge in [-0.25, -0.2) is 4.39 Å². The summed E-state index contributed by atoms with van der Waals surface area (Å²) in [5, 5.41) is 3.23. The van der Waals surface area contributed by atoms with Crippen LogP contribution in [-0.4, -0.2) is 29.4 Å². The SMILES string of the molecule is Cc1cccc(F)c1C(=O)NC(c1ccccc1)C12CCCC(CC1)N2C. The van der Waals surface area contributed by atoms with E-state index < -0.39 is 5.82 Å². The molecule has 2 bridgehead atoms. The molecule has 0 saturated carbocycles. The van der Waals surface area contributed by atoms with Crippen LogP contribution in [-0.2, 0) is 0 Å². The maximum Gasteiger partial charge on any atom is 0.255 e. The number of aryl methyl sites for hydroxylation is 1. The van der Waals surface area contributed by atoms with Crippen molar-refractivity contribution in [2.75, 3.05) is 7.05 Å². The summed E-state index contributed by atoms with van der Waals surface area (Å²) in [6.07, 6.45) is 5.67. The molecular formula is C23H27FN2O.